The maximum atomic E-state index is 11.5. The van der Waals surface area contributed by atoms with Crippen LogP contribution in [0.4, 0.5) is 0 Å². The predicted octanol–water partition coefficient (Wildman–Crippen LogP) is -6.96. The second-order valence-electron chi connectivity index (χ2n) is 5.72. The quantitative estimate of drug-likeness (QED) is 0.198. The monoisotopic (exact) mass is 374 g/mol. The van der Waals surface area contributed by atoms with Crippen LogP contribution in [0.3, 0.4) is 0 Å². The Morgan fingerprint density at radius 2 is 1.64 bits per heavy atom. The lowest BCUT2D eigenvalue weighted by molar-refractivity contribution is -0.408. The van der Waals surface area contributed by atoms with Crippen molar-refractivity contribution in [3.8, 4) is 0 Å². The Hall–Kier alpha value is -0.970. The highest BCUT2D eigenvalue weighted by molar-refractivity contribution is 5.80. The molecular weight excluding hydrogens is 352 g/mol. The maximum Gasteiger partial charge on any atom is 0.344 e. The van der Waals surface area contributed by atoms with E-state index in [2.05, 4.69) is 4.74 Å². The highest BCUT2D eigenvalue weighted by Crippen LogP contribution is 2.39. The number of carbonyl (C=O) groups is 1. The van der Waals surface area contributed by atoms with Gasteiger partial charge >= 0.3 is 5.97 Å². The lowest BCUT2D eigenvalue weighted by Gasteiger charge is -2.52. The third-order valence-electron chi connectivity index (χ3n) is 4.17. The molecule has 9 atom stereocenters. The van der Waals surface area contributed by atoms with Gasteiger partial charge in [-0.15, -0.1) is 0 Å². The van der Waals surface area contributed by atoms with Gasteiger partial charge in [-0.05, 0) is 0 Å². The fourth-order valence-corrected chi connectivity index (χ4v) is 2.53. The Balaban J connectivity index is 3.42. The van der Waals surface area contributed by atoms with Gasteiger partial charge < -0.3 is 60.9 Å². The highest BCUT2D eigenvalue weighted by atomic mass is 16.7. The number of rotatable bonds is 7. The summed E-state index contributed by atoms with van der Waals surface area (Å²) in [5, 5.41) is 106. The Bertz CT molecular complexity index is 472. The molecule has 1 aliphatic rings. The smallest absolute Gasteiger partial charge is 0.344 e. The molecule has 0 amide bonds. The van der Waals surface area contributed by atoms with Crippen molar-refractivity contribution in [2.24, 2.45) is 0 Å². The molecule has 1 fully saturated rings. The fraction of sp³-hybridized carbons (Fsp3) is 0.917. The number of carboxylic acids is 1. The minimum Gasteiger partial charge on any atom is -0.479 e. The zero-order valence-electron chi connectivity index (χ0n) is 12.7. The topological polar surface area (TPSA) is 249 Å². The van der Waals surface area contributed by atoms with E-state index in [4.69, 9.17) is 10.2 Å². The molecule has 1 rings (SSSR count). The number of hydrogen-bond acceptors (Lipinski definition) is 12. The molecule has 0 aromatic rings. The van der Waals surface area contributed by atoms with Crippen LogP contribution in [0.1, 0.15) is 0 Å². The second-order valence-corrected chi connectivity index (χ2v) is 5.72. The largest absolute Gasteiger partial charge is 0.479 e. The van der Waals surface area contributed by atoms with E-state index >= 15 is 0 Å². The molecule has 0 saturated carbocycles. The number of aliphatic carboxylic acids is 1. The first-order valence-electron chi connectivity index (χ1n) is 7.06. The number of hydrogen-bond donors (Lipinski definition) is 11. The molecule has 1 saturated heterocycles. The fourth-order valence-electron chi connectivity index (χ4n) is 2.53. The zero-order chi connectivity index (χ0) is 19.7. The Morgan fingerprint density at radius 3 is 2.04 bits per heavy atom. The lowest BCUT2D eigenvalue weighted by atomic mass is 9.76. The van der Waals surface area contributed by atoms with Crippen molar-refractivity contribution < 1.29 is 65.7 Å². The first-order chi connectivity index (χ1) is 11.4. The molecule has 0 aromatic heterocycles. The van der Waals surface area contributed by atoms with Crippen LogP contribution < -0.4 is 0 Å². The number of aliphatic hydroxyl groups is 10. The van der Waals surface area contributed by atoms with Gasteiger partial charge in [0.25, 0.3) is 0 Å². The summed E-state index contributed by atoms with van der Waals surface area (Å²) in [5.74, 6) is -6.19. The van der Waals surface area contributed by atoms with Gasteiger partial charge in [0.2, 0.25) is 11.4 Å². The molecule has 0 aromatic carbocycles. The molecule has 1 heterocycles. The summed E-state index contributed by atoms with van der Waals surface area (Å²) >= 11 is 0. The molecule has 0 bridgehead atoms. The first kappa shape index (κ1) is 22.1. The van der Waals surface area contributed by atoms with Crippen LogP contribution in [0.5, 0.6) is 0 Å². The summed E-state index contributed by atoms with van der Waals surface area (Å²) in [5.41, 5.74) is -3.96. The van der Waals surface area contributed by atoms with E-state index in [1.54, 1.807) is 0 Å². The van der Waals surface area contributed by atoms with Crippen molar-refractivity contribution in [1.82, 2.24) is 0 Å². The lowest BCUT2D eigenvalue weighted by Crippen LogP contribution is -2.79. The van der Waals surface area contributed by atoms with Crippen LogP contribution in [0.2, 0.25) is 0 Å². The van der Waals surface area contributed by atoms with Crippen LogP contribution in [-0.4, -0.2) is 129 Å². The van der Waals surface area contributed by atoms with E-state index in [0.717, 1.165) is 0 Å². The first-order valence-corrected chi connectivity index (χ1v) is 7.06. The summed E-state index contributed by atoms with van der Waals surface area (Å²) < 4.78 is 4.63. The SMILES string of the molecule is O=C(O)C(O)(C(O)C(O)C(O)CO)[C@@]1(O)O[C@H](CO)[C@H](O)[C@H](O)[C@H]1O. The normalized spacial score (nSPS) is 39.3. The molecule has 0 spiro atoms. The summed E-state index contributed by atoms with van der Waals surface area (Å²) in [7, 11) is 0. The summed E-state index contributed by atoms with van der Waals surface area (Å²) in [6.45, 7) is -2.27. The molecule has 0 radical (unpaired) electrons. The average Bonchev–Trinajstić information content (AvgIpc) is 2.59. The number of ether oxygens (including phenoxy) is 1. The molecule has 1 aliphatic heterocycles. The van der Waals surface area contributed by atoms with E-state index in [-0.39, 0.29) is 0 Å². The van der Waals surface area contributed by atoms with Gasteiger partial charge in [-0.2, -0.15) is 0 Å². The van der Waals surface area contributed by atoms with E-state index < -0.39 is 73.3 Å². The molecular formula is C12H22O13. The third kappa shape index (κ3) is 3.36. The Labute approximate surface area is 140 Å². The summed E-state index contributed by atoms with van der Waals surface area (Å²) in [6.07, 6.45) is -16.6. The predicted molar refractivity (Wildman–Crippen MR) is 72.6 cm³/mol. The van der Waals surface area contributed by atoms with E-state index in [1.807, 2.05) is 0 Å². The van der Waals surface area contributed by atoms with Crippen LogP contribution in [-0.2, 0) is 9.53 Å². The van der Waals surface area contributed by atoms with Gasteiger partial charge in [0.05, 0.1) is 13.2 Å². The van der Waals surface area contributed by atoms with Crippen molar-refractivity contribution in [2.75, 3.05) is 13.2 Å². The van der Waals surface area contributed by atoms with Crippen LogP contribution in [0.25, 0.3) is 0 Å². The Morgan fingerprint density at radius 1 is 1.12 bits per heavy atom. The van der Waals surface area contributed by atoms with Crippen molar-refractivity contribution in [3.05, 3.63) is 0 Å². The molecule has 148 valence electrons. The number of carboxylic acid groups (broad SMARTS) is 1. The highest BCUT2D eigenvalue weighted by Gasteiger charge is 2.71. The van der Waals surface area contributed by atoms with Crippen LogP contribution in [0.15, 0.2) is 0 Å². The molecule has 13 nitrogen and oxygen atoms in total. The van der Waals surface area contributed by atoms with Gasteiger partial charge in [-0.25, -0.2) is 4.79 Å². The van der Waals surface area contributed by atoms with Gasteiger partial charge in [-0.3, -0.25) is 0 Å². The van der Waals surface area contributed by atoms with E-state index in [0.29, 0.717) is 0 Å². The van der Waals surface area contributed by atoms with E-state index in [9.17, 15) is 50.8 Å². The van der Waals surface area contributed by atoms with Crippen molar-refractivity contribution in [3.63, 3.8) is 0 Å². The zero-order valence-corrected chi connectivity index (χ0v) is 12.7. The molecule has 11 N–H and O–H groups in total. The van der Waals surface area contributed by atoms with Crippen molar-refractivity contribution >= 4 is 5.97 Å². The molecule has 13 heteroatoms. The molecule has 4 unspecified atom stereocenters. The summed E-state index contributed by atoms with van der Waals surface area (Å²) in [6, 6.07) is 0. The van der Waals surface area contributed by atoms with Crippen molar-refractivity contribution in [2.45, 2.75) is 54.1 Å². The molecule has 25 heavy (non-hydrogen) atoms. The van der Waals surface area contributed by atoms with Crippen molar-refractivity contribution in [1.29, 1.82) is 0 Å². The standard InChI is InChI=1S/C12H22O13/c13-1-3(15)5(16)8(19)11(23,10(21)22)12(24)9(20)7(18)6(17)4(2-14)25-12/h3-9,13-20,23-24H,1-2H2,(H,21,22)/t3?,4-,5?,6+,7+,8?,9-,11?,12+/m1/s1. The molecule has 0 aliphatic carbocycles. The minimum atomic E-state index is -3.96. The Kier molecular flexibility index (Phi) is 6.82. The third-order valence-corrected chi connectivity index (χ3v) is 4.17. The van der Waals surface area contributed by atoms with Gasteiger partial charge in [0.1, 0.15) is 42.7 Å². The van der Waals surface area contributed by atoms with Gasteiger partial charge in [-0.1, -0.05) is 0 Å². The van der Waals surface area contributed by atoms with Crippen LogP contribution >= 0.6 is 0 Å². The van der Waals surface area contributed by atoms with Crippen LogP contribution in [0, 0.1) is 0 Å². The second kappa shape index (κ2) is 7.73. The summed E-state index contributed by atoms with van der Waals surface area (Å²) in [4.78, 5) is 11.5. The maximum absolute atomic E-state index is 11.5. The average molecular weight is 374 g/mol. The minimum absolute atomic E-state index is 1.10. The van der Waals surface area contributed by atoms with Gasteiger partial charge in [0.15, 0.2) is 0 Å². The van der Waals surface area contributed by atoms with Gasteiger partial charge in [0, 0.05) is 0 Å². The number of aliphatic hydroxyl groups excluding tert-OH is 8. The van der Waals surface area contributed by atoms with E-state index in [1.165, 1.54) is 0 Å².